The third kappa shape index (κ3) is 5.56. The van der Waals surface area contributed by atoms with Gasteiger partial charge >= 0.3 is 0 Å². The third-order valence-electron chi connectivity index (χ3n) is 7.63. The Morgan fingerprint density at radius 2 is 1.92 bits per heavy atom. The molecule has 0 aliphatic heterocycles. The molecule has 0 spiro atoms. The number of halogens is 2. The molecule has 5 rings (SSSR count). The molecule has 39 heavy (non-hydrogen) atoms. The van der Waals surface area contributed by atoms with Crippen LogP contribution in [0.3, 0.4) is 0 Å². The first-order valence-corrected chi connectivity index (χ1v) is 13.7. The lowest BCUT2D eigenvalue weighted by Crippen LogP contribution is -2.27. The number of rotatable bonds is 7. The lowest BCUT2D eigenvalue weighted by molar-refractivity contribution is -0.123. The number of ether oxygens (including phenoxy) is 1. The van der Waals surface area contributed by atoms with Gasteiger partial charge in [0.05, 0.1) is 26.7 Å². The van der Waals surface area contributed by atoms with E-state index in [2.05, 4.69) is 60.1 Å². The third-order valence-corrected chi connectivity index (χ3v) is 8.98. The van der Waals surface area contributed by atoms with E-state index in [1.165, 1.54) is 29.8 Å². The first kappa shape index (κ1) is 26.9. The van der Waals surface area contributed by atoms with Crippen LogP contribution in [-0.2, 0) is 11.4 Å². The molecule has 1 saturated carbocycles. The fourth-order valence-electron chi connectivity index (χ4n) is 4.84. The van der Waals surface area contributed by atoms with E-state index in [4.69, 9.17) is 16.3 Å². The van der Waals surface area contributed by atoms with Crippen LogP contribution in [0.5, 0.6) is 5.75 Å². The van der Waals surface area contributed by atoms with Crippen molar-refractivity contribution in [1.82, 2.24) is 15.3 Å². The maximum absolute atomic E-state index is 13.4. The summed E-state index contributed by atoms with van der Waals surface area (Å²) in [5.74, 6) is 7.05. The predicted molar refractivity (Wildman–Crippen MR) is 154 cm³/mol. The van der Waals surface area contributed by atoms with Crippen molar-refractivity contribution in [3.8, 4) is 17.6 Å². The number of hydrogen-bond acceptors (Lipinski definition) is 6. The summed E-state index contributed by atoms with van der Waals surface area (Å²) in [6.45, 7) is 8.99. The van der Waals surface area contributed by atoms with Gasteiger partial charge in [0.2, 0.25) is 5.91 Å². The second-order valence-electron chi connectivity index (χ2n) is 10.6. The molecule has 6 nitrogen and oxygen atoms in total. The number of hydrogen-bond donors (Lipinski definition) is 2. The quantitative estimate of drug-likeness (QED) is 0.238. The monoisotopic (exact) mass is 562 g/mol. The highest BCUT2D eigenvalue weighted by atomic mass is 35.5. The molecule has 0 bridgehead atoms. The maximum Gasteiger partial charge on any atom is 0.224 e. The topological polar surface area (TPSA) is 76.1 Å². The van der Waals surface area contributed by atoms with Gasteiger partial charge in [-0.3, -0.25) is 4.79 Å². The first-order valence-electron chi connectivity index (χ1n) is 12.5. The number of thiophene rings is 1. The average Bonchev–Trinajstić information content (AvgIpc) is 3.14. The summed E-state index contributed by atoms with van der Waals surface area (Å²) in [5.41, 5.74) is 2.21. The summed E-state index contributed by atoms with van der Waals surface area (Å²) < 4.78 is 20.0. The van der Waals surface area contributed by atoms with E-state index in [-0.39, 0.29) is 35.1 Å². The highest BCUT2D eigenvalue weighted by Crippen LogP contribution is 2.68. The zero-order chi connectivity index (χ0) is 27.8. The van der Waals surface area contributed by atoms with Crippen LogP contribution in [0.25, 0.3) is 10.2 Å². The summed E-state index contributed by atoms with van der Waals surface area (Å²) in [5, 5.41) is 6.65. The van der Waals surface area contributed by atoms with Crippen LogP contribution in [0.15, 0.2) is 54.9 Å². The number of carbonyl (C=O) groups excluding carboxylic acids is 1. The van der Waals surface area contributed by atoms with Crippen LogP contribution >= 0.6 is 22.9 Å². The molecule has 0 radical (unpaired) electrons. The van der Waals surface area contributed by atoms with Crippen LogP contribution in [0.2, 0.25) is 5.02 Å². The number of aromatic nitrogens is 2. The molecule has 0 atom stereocenters. The Labute approximate surface area is 236 Å². The van der Waals surface area contributed by atoms with E-state index >= 15 is 0 Å². The molecule has 2 heterocycles. The molecular weight excluding hydrogens is 535 g/mol. The number of anilines is 2. The van der Waals surface area contributed by atoms with Gasteiger partial charge in [0, 0.05) is 11.6 Å². The summed E-state index contributed by atoms with van der Waals surface area (Å²) >= 11 is 7.92. The van der Waals surface area contributed by atoms with E-state index in [1.807, 2.05) is 12.1 Å². The highest BCUT2D eigenvalue weighted by Gasteiger charge is 2.68. The molecule has 1 aliphatic carbocycles. The standard InChI is InChI=1S/C30H28ClFN4O2S/c1-29(2)26(30(29,3)4)28(37)33-12-6-9-21-15-23-25(39-21)27(35-17-34-23)36-20-10-11-24(22(31)14-20)38-16-18-7-5-8-19(32)13-18/h5,7-8,10-11,13-15,17,26H,12,16H2,1-4H3,(H,33,37)(H,34,35,36). The van der Waals surface area contributed by atoms with Gasteiger partial charge in [-0.05, 0) is 52.8 Å². The summed E-state index contributed by atoms with van der Waals surface area (Å²) in [7, 11) is 0. The van der Waals surface area contributed by atoms with E-state index in [1.54, 1.807) is 24.3 Å². The highest BCUT2D eigenvalue weighted by molar-refractivity contribution is 7.20. The Morgan fingerprint density at radius 1 is 1.13 bits per heavy atom. The van der Waals surface area contributed by atoms with Crippen molar-refractivity contribution in [2.45, 2.75) is 34.3 Å². The second-order valence-corrected chi connectivity index (χ2v) is 12.1. The Hall–Kier alpha value is -3.67. The number of carbonyl (C=O) groups is 1. The summed E-state index contributed by atoms with van der Waals surface area (Å²) in [6.07, 6.45) is 1.49. The number of nitrogens with zero attached hydrogens (tertiary/aromatic N) is 2. The van der Waals surface area contributed by atoms with Crippen molar-refractivity contribution < 1.29 is 13.9 Å². The van der Waals surface area contributed by atoms with Gasteiger partial charge in [0.1, 0.15) is 24.5 Å². The van der Waals surface area contributed by atoms with E-state index in [0.717, 1.165) is 20.8 Å². The molecule has 0 saturated heterocycles. The zero-order valence-corrected chi connectivity index (χ0v) is 23.6. The largest absolute Gasteiger partial charge is 0.487 e. The fourth-order valence-corrected chi connectivity index (χ4v) is 6.01. The number of amides is 1. The Kier molecular flexibility index (Phi) is 7.23. The molecule has 2 aromatic heterocycles. The van der Waals surface area contributed by atoms with Crippen LogP contribution in [-0.4, -0.2) is 22.4 Å². The molecule has 1 fully saturated rings. The molecule has 1 aliphatic rings. The van der Waals surface area contributed by atoms with Crippen LogP contribution < -0.4 is 15.4 Å². The number of nitrogens with one attached hydrogen (secondary N) is 2. The van der Waals surface area contributed by atoms with Gasteiger partial charge in [-0.2, -0.15) is 0 Å². The zero-order valence-electron chi connectivity index (χ0n) is 22.1. The van der Waals surface area contributed by atoms with Crippen LogP contribution in [0.1, 0.15) is 38.1 Å². The number of fused-ring (bicyclic) bond motifs is 1. The second kappa shape index (κ2) is 10.5. The SMILES string of the molecule is CC1(C)C(C(=O)NCC#Cc2cc3ncnc(Nc4ccc(OCc5cccc(F)c5)c(Cl)c4)c3s2)C1(C)C. The molecule has 1 amide bonds. The molecule has 2 N–H and O–H groups in total. The molecular formula is C30H28ClFN4O2S. The van der Waals surface area contributed by atoms with E-state index < -0.39 is 0 Å². The van der Waals surface area contributed by atoms with E-state index in [0.29, 0.717) is 28.7 Å². The summed E-state index contributed by atoms with van der Waals surface area (Å²) in [4.78, 5) is 22.1. The maximum atomic E-state index is 13.4. The van der Waals surface area contributed by atoms with Gasteiger partial charge in [-0.15, -0.1) is 11.3 Å². The van der Waals surface area contributed by atoms with Gasteiger partial charge in [-0.1, -0.05) is 63.3 Å². The summed E-state index contributed by atoms with van der Waals surface area (Å²) in [6, 6.07) is 13.5. The Morgan fingerprint density at radius 3 is 2.64 bits per heavy atom. The molecule has 0 unspecified atom stereocenters. The van der Waals surface area contributed by atoms with Gasteiger partial charge in [-0.25, -0.2) is 14.4 Å². The van der Waals surface area contributed by atoms with E-state index in [9.17, 15) is 9.18 Å². The van der Waals surface area contributed by atoms with Crippen molar-refractivity contribution in [2.75, 3.05) is 11.9 Å². The predicted octanol–water partition coefficient (Wildman–Crippen LogP) is 6.96. The van der Waals surface area contributed by atoms with Gasteiger partial charge in [0.25, 0.3) is 0 Å². The van der Waals surface area contributed by atoms with Gasteiger partial charge < -0.3 is 15.4 Å². The first-order chi connectivity index (χ1) is 18.6. The Balaban J connectivity index is 1.23. The minimum Gasteiger partial charge on any atom is -0.487 e. The van der Waals surface area contributed by atoms with Crippen molar-refractivity contribution in [3.63, 3.8) is 0 Å². The fraction of sp³-hybridized carbons (Fsp3) is 0.300. The van der Waals surface area contributed by atoms with Crippen LogP contribution in [0.4, 0.5) is 15.9 Å². The normalized spacial score (nSPS) is 15.3. The van der Waals surface area contributed by atoms with Crippen molar-refractivity contribution >= 4 is 50.6 Å². The van der Waals surface area contributed by atoms with Gasteiger partial charge in [0.15, 0.2) is 5.82 Å². The smallest absolute Gasteiger partial charge is 0.224 e. The minimum absolute atomic E-state index is 0.00149. The molecule has 9 heteroatoms. The lowest BCUT2D eigenvalue weighted by atomic mass is 10.0. The molecule has 2 aromatic carbocycles. The van der Waals surface area contributed by atoms with Crippen LogP contribution in [0, 0.1) is 34.4 Å². The average molecular weight is 563 g/mol. The molecule has 4 aromatic rings. The number of benzene rings is 2. The van der Waals surface area contributed by atoms with Crippen molar-refractivity contribution in [3.05, 3.63) is 76.1 Å². The van der Waals surface area contributed by atoms with Crippen molar-refractivity contribution in [2.24, 2.45) is 16.7 Å². The van der Waals surface area contributed by atoms with Crippen molar-refractivity contribution in [1.29, 1.82) is 0 Å². The minimum atomic E-state index is -0.311. The molecule has 200 valence electrons. The lowest BCUT2D eigenvalue weighted by Gasteiger charge is -2.11. The Bertz CT molecular complexity index is 1610.